The van der Waals surface area contributed by atoms with Gasteiger partial charge in [0.15, 0.2) is 0 Å². The summed E-state index contributed by atoms with van der Waals surface area (Å²) in [6, 6.07) is 0. The fourth-order valence-electron chi connectivity index (χ4n) is 1.76. The summed E-state index contributed by atoms with van der Waals surface area (Å²) >= 11 is 0. The molecular weight excluding hydrogens is 223 g/mol. The summed E-state index contributed by atoms with van der Waals surface area (Å²) in [6.07, 6.45) is 10.7. The molecule has 0 N–H and O–H groups in total. The summed E-state index contributed by atoms with van der Waals surface area (Å²) in [5.41, 5.74) is 1.38. The van der Waals surface area contributed by atoms with E-state index in [2.05, 4.69) is 25.7 Å². The lowest BCUT2D eigenvalue weighted by Crippen LogP contribution is -1.96. The van der Waals surface area contributed by atoms with Crippen LogP contribution in [0.15, 0.2) is 11.6 Å². The molecule has 0 aromatic rings. The van der Waals surface area contributed by atoms with Crippen LogP contribution in [-0.2, 0) is 0 Å². The van der Waals surface area contributed by atoms with Crippen LogP contribution in [0.5, 0.6) is 0 Å². The molecule has 0 saturated carbocycles. The molecule has 0 rings (SSSR count). The van der Waals surface area contributed by atoms with E-state index in [0.717, 1.165) is 19.3 Å². The maximum absolute atomic E-state index is 12.9. The van der Waals surface area contributed by atoms with Gasteiger partial charge in [0.2, 0.25) is 0 Å². The van der Waals surface area contributed by atoms with Crippen LogP contribution >= 0.6 is 0 Å². The van der Waals surface area contributed by atoms with E-state index in [1.165, 1.54) is 31.3 Å². The van der Waals surface area contributed by atoms with E-state index < -0.39 is 6.17 Å². The van der Waals surface area contributed by atoms with Gasteiger partial charge in [0.05, 0.1) is 6.17 Å². The van der Waals surface area contributed by atoms with Crippen molar-refractivity contribution in [3.05, 3.63) is 11.6 Å². The van der Waals surface area contributed by atoms with Gasteiger partial charge >= 0.3 is 0 Å². The molecular formula is C17H29F. The summed E-state index contributed by atoms with van der Waals surface area (Å²) in [7, 11) is 0. The van der Waals surface area contributed by atoms with Crippen molar-refractivity contribution in [1.29, 1.82) is 0 Å². The van der Waals surface area contributed by atoms with E-state index in [1.807, 2.05) is 13.0 Å². The van der Waals surface area contributed by atoms with Crippen molar-refractivity contribution in [3.63, 3.8) is 0 Å². The minimum atomic E-state index is -0.612. The Bertz CT molecular complexity index is 267. The second-order valence-corrected chi connectivity index (χ2v) is 5.02. The van der Waals surface area contributed by atoms with Gasteiger partial charge in [0.1, 0.15) is 0 Å². The lowest BCUT2D eigenvalue weighted by molar-refractivity contribution is 0.298. The number of halogens is 1. The van der Waals surface area contributed by atoms with E-state index in [-0.39, 0.29) is 0 Å². The Hall–Kier alpha value is -0.770. The van der Waals surface area contributed by atoms with E-state index in [0.29, 0.717) is 12.8 Å². The molecule has 0 aliphatic rings. The van der Waals surface area contributed by atoms with Gasteiger partial charge in [-0.25, -0.2) is 4.39 Å². The van der Waals surface area contributed by atoms with Gasteiger partial charge in [-0.15, -0.1) is 0 Å². The Morgan fingerprint density at radius 3 is 2.61 bits per heavy atom. The SMILES string of the molecule is CCCCC/C(C)=C/C#CCCCCC(F)CC. The van der Waals surface area contributed by atoms with Crippen molar-refractivity contribution in [2.75, 3.05) is 0 Å². The summed E-state index contributed by atoms with van der Waals surface area (Å²) in [6.45, 7) is 6.27. The Morgan fingerprint density at radius 2 is 1.94 bits per heavy atom. The van der Waals surface area contributed by atoms with Crippen LogP contribution in [0.1, 0.15) is 78.6 Å². The first-order chi connectivity index (χ1) is 8.70. The average molecular weight is 252 g/mol. The Morgan fingerprint density at radius 1 is 1.17 bits per heavy atom. The Labute approximate surface area is 113 Å². The van der Waals surface area contributed by atoms with E-state index in [4.69, 9.17) is 0 Å². The molecule has 0 heterocycles. The molecule has 0 radical (unpaired) electrons. The molecule has 0 aliphatic carbocycles. The van der Waals surface area contributed by atoms with Crippen molar-refractivity contribution >= 4 is 0 Å². The quantitative estimate of drug-likeness (QED) is 0.358. The molecule has 1 heteroatoms. The predicted molar refractivity (Wildman–Crippen MR) is 79.3 cm³/mol. The second-order valence-electron chi connectivity index (χ2n) is 5.02. The van der Waals surface area contributed by atoms with Gasteiger partial charge in [-0.05, 0) is 51.5 Å². The molecule has 0 spiro atoms. The molecule has 18 heavy (non-hydrogen) atoms. The number of alkyl halides is 1. The molecule has 1 atom stereocenters. The van der Waals surface area contributed by atoms with Crippen LogP contribution in [-0.4, -0.2) is 6.17 Å². The standard InChI is InChI=1S/C17H29F/c1-4-6-10-13-16(3)14-11-8-7-9-12-15-17(18)5-2/h14,17H,4-7,9-10,12-13,15H2,1-3H3/b16-14+. The second kappa shape index (κ2) is 12.7. The normalized spacial score (nSPS) is 13.0. The summed E-state index contributed by atoms with van der Waals surface area (Å²) in [5, 5.41) is 0. The number of hydrogen-bond acceptors (Lipinski definition) is 0. The fourth-order valence-corrected chi connectivity index (χ4v) is 1.76. The van der Waals surface area contributed by atoms with Crippen molar-refractivity contribution in [2.24, 2.45) is 0 Å². The third-order valence-corrected chi connectivity index (χ3v) is 3.11. The molecule has 0 aromatic heterocycles. The molecule has 0 aromatic carbocycles. The largest absolute Gasteiger partial charge is 0.248 e. The summed E-state index contributed by atoms with van der Waals surface area (Å²) in [5.74, 6) is 6.26. The van der Waals surface area contributed by atoms with Gasteiger partial charge in [-0.1, -0.05) is 44.1 Å². The van der Waals surface area contributed by atoms with E-state index in [9.17, 15) is 4.39 Å². The lowest BCUT2D eigenvalue weighted by atomic mass is 10.1. The smallest absolute Gasteiger partial charge is 0.0999 e. The molecule has 0 aliphatic heterocycles. The van der Waals surface area contributed by atoms with Gasteiger partial charge in [-0.2, -0.15) is 0 Å². The number of rotatable bonds is 9. The van der Waals surface area contributed by atoms with Gasteiger partial charge in [-0.3, -0.25) is 0 Å². The maximum atomic E-state index is 12.9. The molecule has 0 fully saturated rings. The minimum Gasteiger partial charge on any atom is -0.248 e. The predicted octanol–water partition coefficient (Wildman–Crippen LogP) is 5.82. The summed E-state index contributed by atoms with van der Waals surface area (Å²) in [4.78, 5) is 0. The number of unbranched alkanes of at least 4 members (excludes halogenated alkanes) is 4. The van der Waals surface area contributed by atoms with Gasteiger partial charge in [0.25, 0.3) is 0 Å². The van der Waals surface area contributed by atoms with E-state index in [1.54, 1.807) is 0 Å². The van der Waals surface area contributed by atoms with Crippen LogP contribution in [0.2, 0.25) is 0 Å². The van der Waals surface area contributed by atoms with E-state index >= 15 is 0 Å². The highest BCUT2D eigenvalue weighted by Gasteiger charge is 2.00. The molecule has 104 valence electrons. The molecule has 0 bridgehead atoms. The first kappa shape index (κ1) is 17.2. The van der Waals surface area contributed by atoms with Crippen LogP contribution in [0, 0.1) is 11.8 Å². The minimum absolute atomic E-state index is 0.612. The van der Waals surface area contributed by atoms with Crippen LogP contribution in [0.3, 0.4) is 0 Å². The topological polar surface area (TPSA) is 0 Å². The van der Waals surface area contributed by atoms with Crippen LogP contribution in [0.25, 0.3) is 0 Å². The number of hydrogen-bond donors (Lipinski definition) is 0. The average Bonchev–Trinajstić information content (AvgIpc) is 2.37. The molecule has 0 saturated heterocycles. The Kier molecular flexibility index (Phi) is 12.1. The zero-order valence-corrected chi connectivity index (χ0v) is 12.4. The highest BCUT2D eigenvalue weighted by molar-refractivity contribution is 5.19. The third kappa shape index (κ3) is 11.7. The van der Waals surface area contributed by atoms with Gasteiger partial charge in [0, 0.05) is 6.42 Å². The first-order valence-corrected chi connectivity index (χ1v) is 7.48. The van der Waals surface area contributed by atoms with Gasteiger partial charge < -0.3 is 0 Å². The third-order valence-electron chi connectivity index (χ3n) is 3.11. The first-order valence-electron chi connectivity index (χ1n) is 7.48. The lowest BCUT2D eigenvalue weighted by Gasteiger charge is -2.02. The monoisotopic (exact) mass is 252 g/mol. The maximum Gasteiger partial charge on any atom is 0.0999 e. The molecule has 0 amide bonds. The highest BCUT2D eigenvalue weighted by atomic mass is 19.1. The van der Waals surface area contributed by atoms with Crippen molar-refractivity contribution < 1.29 is 4.39 Å². The Balaban J connectivity index is 3.55. The van der Waals surface area contributed by atoms with Crippen molar-refractivity contribution in [1.82, 2.24) is 0 Å². The molecule has 1 unspecified atom stereocenters. The fraction of sp³-hybridized carbons (Fsp3) is 0.765. The van der Waals surface area contributed by atoms with Crippen molar-refractivity contribution in [3.8, 4) is 11.8 Å². The molecule has 0 nitrogen and oxygen atoms in total. The van der Waals surface area contributed by atoms with Crippen LogP contribution in [0.4, 0.5) is 4.39 Å². The van der Waals surface area contributed by atoms with Crippen LogP contribution < -0.4 is 0 Å². The summed E-state index contributed by atoms with van der Waals surface area (Å²) < 4.78 is 12.9. The highest BCUT2D eigenvalue weighted by Crippen LogP contribution is 2.09. The zero-order chi connectivity index (χ0) is 13.6. The zero-order valence-electron chi connectivity index (χ0n) is 12.4. The van der Waals surface area contributed by atoms with Crippen molar-refractivity contribution in [2.45, 2.75) is 84.7 Å². The number of allylic oxidation sites excluding steroid dienone is 2.